The average Bonchev–Trinajstić information content (AvgIpc) is 2.22. The molecule has 0 fully saturated rings. The van der Waals surface area contributed by atoms with Crippen LogP contribution in [0.4, 0.5) is 0 Å². The van der Waals surface area contributed by atoms with Crippen LogP contribution in [-0.4, -0.2) is 15.7 Å². The summed E-state index contributed by atoms with van der Waals surface area (Å²) in [6, 6.07) is 1.09. The molecule has 0 N–H and O–H groups in total. The summed E-state index contributed by atoms with van der Waals surface area (Å²) in [5.41, 5.74) is 2.06. The number of hydrogen-bond donors (Lipinski definition) is 0. The Balaban J connectivity index is 4.43. The number of hydrogen-bond acceptors (Lipinski definition) is 2. The van der Waals surface area contributed by atoms with Gasteiger partial charge in [0.1, 0.15) is 0 Å². The zero-order valence-electron chi connectivity index (χ0n) is 13.2. The molecule has 0 radical (unpaired) electrons. The Bertz CT molecular complexity index is 281. The molecule has 0 aromatic heterocycles. The molecule has 0 aliphatic carbocycles. The molecule has 0 saturated carbocycles. The fraction of sp³-hybridized carbons (Fsp3) is 0.800. The highest BCUT2D eigenvalue weighted by atomic mass is 28.2. The van der Waals surface area contributed by atoms with Gasteiger partial charge < -0.3 is 4.43 Å². The molecule has 0 heterocycles. The Labute approximate surface area is 115 Å². The lowest BCUT2D eigenvalue weighted by molar-refractivity contribution is -0.130. The first-order valence-corrected chi connectivity index (χ1v) is 8.72. The van der Waals surface area contributed by atoms with Crippen LogP contribution >= 0.6 is 0 Å². The van der Waals surface area contributed by atoms with E-state index >= 15 is 0 Å². The van der Waals surface area contributed by atoms with Crippen LogP contribution in [0.25, 0.3) is 0 Å². The second kappa shape index (κ2) is 8.52. The monoisotopic (exact) mass is 270 g/mol. The average molecular weight is 270 g/mol. The normalized spacial score (nSPS) is 11.9. The second-order valence-electron chi connectivity index (χ2n) is 6.06. The summed E-state index contributed by atoms with van der Waals surface area (Å²) in [6.45, 7) is 14.9. The predicted molar refractivity (Wildman–Crippen MR) is 81.3 cm³/mol. The van der Waals surface area contributed by atoms with Crippen molar-refractivity contribution < 1.29 is 9.22 Å². The molecule has 106 valence electrons. The number of carbonyl (C=O) groups excluding carboxylic acids is 1. The number of carbonyl (C=O) groups is 1. The summed E-state index contributed by atoms with van der Waals surface area (Å²) in [5, 5.41) is 0. The van der Waals surface area contributed by atoms with E-state index in [-0.39, 0.29) is 5.97 Å². The molecule has 0 aromatic carbocycles. The van der Waals surface area contributed by atoms with Crippen molar-refractivity contribution in [2.75, 3.05) is 0 Å². The quantitative estimate of drug-likeness (QED) is 0.400. The smallest absolute Gasteiger partial charge is 0.319 e. The van der Waals surface area contributed by atoms with E-state index in [1.807, 2.05) is 6.92 Å². The number of allylic oxidation sites excluding steroid dienone is 1. The van der Waals surface area contributed by atoms with Crippen LogP contribution in [0.3, 0.4) is 0 Å². The first-order chi connectivity index (χ1) is 8.27. The summed E-state index contributed by atoms with van der Waals surface area (Å²) in [4.78, 5) is 12.0. The van der Waals surface area contributed by atoms with Crippen molar-refractivity contribution in [3.8, 4) is 0 Å². The summed E-state index contributed by atoms with van der Waals surface area (Å²) in [7, 11) is -0.687. The van der Waals surface area contributed by atoms with Crippen molar-refractivity contribution in [2.45, 2.75) is 60.9 Å². The molecule has 0 spiro atoms. The van der Waals surface area contributed by atoms with Crippen molar-refractivity contribution in [3.05, 3.63) is 11.1 Å². The van der Waals surface area contributed by atoms with Gasteiger partial charge in [0.05, 0.1) is 0 Å². The highest BCUT2D eigenvalue weighted by Crippen LogP contribution is 2.24. The van der Waals surface area contributed by atoms with E-state index in [0.29, 0.717) is 17.8 Å². The van der Waals surface area contributed by atoms with Crippen molar-refractivity contribution in [1.82, 2.24) is 0 Å². The lowest BCUT2D eigenvalue weighted by Crippen LogP contribution is -2.15. The largest absolute Gasteiger partial charge is 0.522 e. The minimum Gasteiger partial charge on any atom is -0.522 e. The Kier molecular flexibility index (Phi) is 8.24. The van der Waals surface area contributed by atoms with E-state index in [0.717, 1.165) is 11.6 Å². The fourth-order valence-electron chi connectivity index (χ4n) is 2.42. The maximum absolute atomic E-state index is 12.0. The van der Waals surface area contributed by atoms with Gasteiger partial charge in [-0.25, -0.2) is 4.79 Å². The molecular formula is C15H30O2Si. The zero-order valence-corrected chi connectivity index (χ0v) is 14.6. The Hall–Kier alpha value is -0.573. The van der Waals surface area contributed by atoms with Crippen molar-refractivity contribution in [1.29, 1.82) is 0 Å². The van der Waals surface area contributed by atoms with Gasteiger partial charge in [-0.2, -0.15) is 0 Å². The Morgan fingerprint density at radius 1 is 1.06 bits per heavy atom. The first-order valence-electron chi connectivity index (χ1n) is 7.15. The van der Waals surface area contributed by atoms with Crippen LogP contribution in [0.15, 0.2) is 11.1 Å². The van der Waals surface area contributed by atoms with Crippen LogP contribution in [0.1, 0.15) is 54.9 Å². The highest BCUT2D eigenvalue weighted by molar-refractivity contribution is 6.31. The molecule has 0 bridgehead atoms. The maximum atomic E-state index is 12.0. The lowest BCUT2D eigenvalue weighted by Gasteiger charge is -2.19. The SMILES string of the molecule is CC(C(=O)O[SiH2]CCC(C)C)=C(C(C)C)C(C)C. The third kappa shape index (κ3) is 6.38. The van der Waals surface area contributed by atoms with Gasteiger partial charge in [-0.3, -0.25) is 0 Å². The van der Waals surface area contributed by atoms with Gasteiger partial charge >= 0.3 is 5.97 Å². The molecule has 0 rings (SSSR count). The molecule has 18 heavy (non-hydrogen) atoms. The molecular weight excluding hydrogens is 240 g/mol. The van der Waals surface area contributed by atoms with E-state index in [1.165, 1.54) is 12.0 Å². The minimum atomic E-state index is -0.687. The van der Waals surface area contributed by atoms with Crippen LogP contribution in [0, 0.1) is 17.8 Å². The molecule has 3 heteroatoms. The Morgan fingerprint density at radius 2 is 1.56 bits per heavy atom. The Morgan fingerprint density at radius 3 is 1.94 bits per heavy atom. The summed E-state index contributed by atoms with van der Waals surface area (Å²) in [6.07, 6.45) is 1.17. The first kappa shape index (κ1) is 17.4. The third-order valence-corrected chi connectivity index (χ3v) is 4.31. The summed E-state index contributed by atoms with van der Waals surface area (Å²) < 4.78 is 5.48. The van der Waals surface area contributed by atoms with E-state index in [1.54, 1.807) is 0 Å². The van der Waals surface area contributed by atoms with Gasteiger partial charge in [0.25, 0.3) is 0 Å². The maximum Gasteiger partial charge on any atom is 0.319 e. The third-order valence-electron chi connectivity index (χ3n) is 3.14. The molecule has 0 amide bonds. The number of rotatable bonds is 7. The summed E-state index contributed by atoms with van der Waals surface area (Å²) >= 11 is 0. The van der Waals surface area contributed by atoms with Crippen molar-refractivity contribution >= 4 is 15.7 Å². The highest BCUT2D eigenvalue weighted by Gasteiger charge is 2.17. The van der Waals surface area contributed by atoms with Gasteiger partial charge in [-0.1, -0.05) is 53.5 Å². The second-order valence-corrected chi connectivity index (χ2v) is 7.47. The van der Waals surface area contributed by atoms with E-state index < -0.39 is 9.76 Å². The van der Waals surface area contributed by atoms with Gasteiger partial charge in [-0.15, -0.1) is 0 Å². The molecule has 0 unspecified atom stereocenters. The summed E-state index contributed by atoms with van der Waals surface area (Å²) in [5.74, 6) is 1.45. The fourth-order valence-corrected chi connectivity index (χ4v) is 3.94. The molecule has 0 aromatic rings. The van der Waals surface area contributed by atoms with Crippen molar-refractivity contribution in [2.24, 2.45) is 17.8 Å². The predicted octanol–water partition coefficient (Wildman–Crippen LogP) is 3.71. The topological polar surface area (TPSA) is 26.3 Å². The van der Waals surface area contributed by atoms with Gasteiger partial charge in [0.2, 0.25) is 9.76 Å². The lowest BCUT2D eigenvalue weighted by atomic mass is 9.88. The molecule has 0 atom stereocenters. The van der Waals surface area contributed by atoms with E-state index in [4.69, 9.17) is 4.43 Å². The van der Waals surface area contributed by atoms with E-state index in [2.05, 4.69) is 41.5 Å². The van der Waals surface area contributed by atoms with Crippen LogP contribution < -0.4 is 0 Å². The van der Waals surface area contributed by atoms with Gasteiger partial charge in [0.15, 0.2) is 0 Å². The van der Waals surface area contributed by atoms with Gasteiger partial charge in [-0.05, 0) is 30.7 Å². The van der Waals surface area contributed by atoms with Crippen molar-refractivity contribution in [3.63, 3.8) is 0 Å². The molecule has 0 saturated heterocycles. The molecule has 0 aliphatic rings. The minimum absolute atomic E-state index is 0.0807. The van der Waals surface area contributed by atoms with Crippen LogP contribution in [0.5, 0.6) is 0 Å². The van der Waals surface area contributed by atoms with E-state index in [9.17, 15) is 4.79 Å². The molecule has 0 aliphatic heterocycles. The van der Waals surface area contributed by atoms with Crippen LogP contribution in [-0.2, 0) is 9.22 Å². The van der Waals surface area contributed by atoms with Gasteiger partial charge in [0, 0.05) is 5.57 Å². The standard InChI is InChI=1S/C15H30O2Si/c1-10(2)8-9-18-17-15(16)13(7)14(11(3)4)12(5)6/h10-12H,8-9,18H2,1-7H3. The molecule has 2 nitrogen and oxygen atoms in total. The van der Waals surface area contributed by atoms with Crippen LogP contribution in [0.2, 0.25) is 6.04 Å². The zero-order chi connectivity index (χ0) is 14.3.